The van der Waals surface area contributed by atoms with Gasteiger partial charge in [0, 0.05) is 10.9 Å². The fraction of sp³-hybridized carbons (Fsp3) is 0.176. The first kappa shape index (κ1) is 14.3. The van der Waals surface area contributed by atoms with E-state index in [0.717, 1.165) is 27.6 Å². The number of aromatic nitrogens is 2. The van der Waals surface area contributed by atoms with Gasteiger partial charge >= 0.3 is 0 Å². The lowest BCUT2D eigenvalue weighted by molar-refractivity contribution is 1.21. The molecular formula is C17H14Cl2N2. The summed E-state index contributed by atoms with van der Waals surface area (Å²) in [4.78, 5) is 9.07. The molecule has 0 saturated carbocycles. The molecule has 0 radical (unpaired) electrons. The highest BCUT2D eigenvalue weighted by Gasteiger charge is 2.12. The number of benzene rings is 2. The molecule has 4 heteroatoms. The van der Waals surface area contributed by atoms with Crippen LogP contribution in [0.25, 0.3) is 22.3 Å². The Morgan fingerprint density at radius 1 is 0.857 bits per heavy atom. The Kier molecular flexibility index (Phi) is 3.60. The molecule has 0 amide bonds. The Labute approximate surface area is 133 Å². The summed E-state index contributed by atoms with van der Waals surface area (Å²) in [6, 6.07) is 10.0. The maximum atomic E-state index is 6.34. The van der Waals surface area contributed by atoms with Gasteiger partial charge in [0.05, 0.1) is 10.5 Å². The van der Waals surface area contributed by atoms with E-state index in [1.54, 1.807) is 0 Å². The molecule has 106 valence electrons. The van der Waals surface area contributed by atoms with Crippen molar-refractivity contribution in [2.75, 3.05) is 0 Å². The molecule has 0 bridgehead atoms. The highest BCUT2D eigenvalue weighted by molar-refractivity contribution is 6.38. The minimum atomic E-state index is 0.432. The number of fused-ring (bicyclic) bond motifs is 1. The van der Waals surface area contributed by atoms with Crippen molar-refractivity contribution in [3.05, 3.63) is 57.2 Å². The Morgan fingerprint density at radius 3 is 2.38 bits per heavy atom. The Hall–Kier alpha value is -1.64. The molecule has 0 unspecified atom stereocenters. The van der Waals surface area contributed by atoms with E-state index in [-0.39, 0.29) is 0 Å². The van der Waals surface area contributed by atoms with Crippen LogP contribution in [-0.4, -0.2) is 9.97 Å². The SMILES string of the molecule is Cc1ccc(C)c(-c2nc(Cl)c3cc(C)cc(Cl)c3n2)c1. The van der Waals surface area contributed by atoms with Crippen LogP contribution in [0.15, 0.2) is 30.3 Å². The summed E-state index contributed by atoms with van der Waals surface area (Å²) in [6.07, 6.45) is 0. The van der Waals surface area contributed by atoms with Crippen LogP contribution >= 0.6 is 23.2 Å². The molecule has 0 aliphatic heterocycles. The van der Waals surface area contributed by atoms with Gasteiger partial charge in [-0.2, -0.15) is 0 Å². The van der Waals surface area contributed by atoms with Crippen molar-refractivity contribution in [1.29, 1.82) is 0 Å². The lowest BCUT2D eigenvalue weighted by atomic mass is 10.0. The first-order chi connectivity index (χ1) is 9.95. The van der Waals surface area contributed by atoms with Gasteiger partial charge in [0.15, 0.2) is 5.82 Å². The first-order valence-electron chi connectivity index (χ1n) is 6.67. The van der Waals surface area contributed by atoms with Crippen molar-refractivity contribution in [2.45, 2.75) is 20.8 Å². The average molecular weight is 317 g/mol. The molecule has 0 aliphatic carbocycles. The standard InChI is InChI=1S/C17H14Cl2N2/c1-9-4-5-11(3)12(6-9)17-20-15-13(16(19)21-17)7-10(2)8-14(15)18/h4-8H,1-3H3. The number of hydrogen-bond donors (Lipinski definition) is 0. The molecule has 1 heterocycles. The Morgan fingerprint density at radius 2 is 1.62 bits per heavy atom. The first-order valence-corrected chi connectivity index (χ1v) is 7.42. The van der Waals surface area contributed by atoms with E-state index in [9.17, 15) is 0 Å². The van der Waals surface area contributed by atoms with E-state index in [1.165, 1.54) is 0 Å². The second kappa shape index (κ2) is 5.28. The molecule has 0 aliphatic rings. The summed E-state index contributed by atoms with van der Waals surface area (Å²) >= 11 is 12.7. The zero-order valence-electron chi connectivity index (χ0n) is 12.0. The van der Waals surface area contributed by atoms with Crippen molar-refractivity contribution in [3.8, 4) is 11.4 Å². The molecule has 0 atom stereocenters. The zero-order valence-corrected chi connectivity index (χ0v) is 13.5. The van der Waals surface area contributed by atoms with Gasteiger partial charge in [-0.15, -0.1) is 0 Å². The highest BCUT2D eigenvalue weighted by Crippen LogP contribution is 2.31. The number of halogens is 2. The average Bonchev–Trinajstić information content (AvgIpc) is 2.42. The fourth-order valence-corrected chi connectivity index (χ4v) is 2.93. The summed E-state index contributed by atoms with van der Waals surface area (Å²) < 4.78 is 0. The van der Waals surface area contributed by atoms with Crippen LogP contribution < -0.4 is 0 Å². The maximum Gasteiger partial charge on any atom is 0.161 e. The van der Waals surface area contributed by atoms with Gasteiger partial charge < -0.3 is 0 Å². The van der Waals surface area contributed by atoms with Gasteiger partial charge in [0.2, 0.25) is 0 Å². The summed E-state index contributed by atoms with van der Waals surface area (Å²) in [5.74, 6) is 0.611. The van der Waals surface area contributed by atoms with Crippen molar-refractivity contribution >= 4 is 34.1 Å². The van der Waals surface area contributed by atoms with Crippen LogP contribution in [0.4, 0.5) is 0 Å². The lowest BCUT2D eigenvalue weighted by Crippen LogP contribution is -1.95. The molecule has 2 nitrogen and oxygen atoms in total. The summed E-state index contributed by atoms with van der Waals surface area (Å²) in [5.41, 5.74) is 4.98. The van der Waals surface area contributed by atoms with Gasteiger partial charge in [0.1, 0.15) is 5.15 Å². The Balaban J connectivity index is 2.33. The predicted molar refractivity (Wildman–Crippen MR) is 89.2 cm³/mol. The molecule has 3 aromatic rings. The van der Waals surface area contributed by atoms with Gasteiger partial charge in [-0.25, -0.2) is 9.97 Å². The number of nitrogens with zero attached hydrogens (tertiary/aromatic N) is 2. The summed E-state index contributed by atoms with van der Waals surface area (Å²) in [6.45, 7) is 6.05. The van der Waals surface area contributed by atoms with Crippen molar-refractivity contribution in [3.63, 3.8) is 0 Å². The van der Waals surface area contributed by atoms with Crippen LogP contribution in [0.2, 0.25) is 10.2 Å². The normalized spacial score (nSPS) is 11.1. The monoisotopic (exact) mass is 316 g/mol. The molecular weight excluding hydrogens is 303 g/mol. The largest absolute Gasteiger partial charge is 0.226 e. The molecule has 21 heavy (non-hydrogen) atoms. The van der Waals surface area contributed by atoms with Crippen LogP contribution in [0.5, 0.6) is 0 Å². The Bertz CT molecular complexity index is 857. The third-order valence-electron chi connectivity index (χ3n) is 3.49. The highest BCUT2D eigenvalue weighted by atomic mass is 35.5. The topological polar surface area (TPSA) is 25.8 Å². The molecule has 0 N–H and O–H groups in total. The molecule has 0 saturated heterocycles. The third kappa shape index (κ3) is 2.61. The second-order valence-corrected chi connectivity index (χ2v) is 6.06. The van der Waals surface area contributed by atoms with E-state index < -0.39 is 0 Å². The van der Waals surface area contributed by atoms with E-state index >= 15 is 0 Å². The minimum Gasteiger partial charge on any atom is -0.226 e. The van der Waals surface area contributed by atoms with Crippen LogP contribution in [-0.2, 0) is 0 Å². The third-order valence-corrected chi connectivity index (χ3v) is 4.06. The number of hydrogen-bond acceptors (Lipinski definition) is 2. The van der Waals surface area contributed by atoms with Crippen LogP contribution in [0, 0.1) is 20.8 Å². The number of rotatable bonds is 1. The van der Waals surface area contributed by atoms with Gasteiger partial charge in [-0.05, 0) is 50.1 Å². The minimum absolute atomic E-state index is 0.432. The molecule has 0 fully saturated rings. The smallest absolute Gasteiger partial charge is 0.161 e. The van der Waals surface area contributed by atoms with Gasteiger partial charge in [-0.3, -0.25) is 0 Å². The van der Waals surface area contributed by atoms with Crippen molar-refractivity contribution in [2.24, 2.45) is 0 Å². The van der Waals surface area contributed by atoms with Crippen LogP contribution in [0.3, 0.4) is 0 Å². The lowest BCUT2D eigenvalue weighted by Gasteiger charge is -2.09. The quantitative estimate of drug-likeness (QED) is 0.552. The molecule has 1 aromatic heterocycles. The fourth-order valence-electron chi connectivity index (χ4n) is 2.39. The van der Waals surface area contributed by atoms with Crippen molar-refractivity contribution in [1.82, 2.24) is 9.97 Å². The van der Waals surface area contributed by atoms with E-state index in [0.29, 0.717) is 21.5 Å². The van der Waals surface area contributed by atoms with Gasteiger partial charge in [-0.1, -0.05) is 40.9 Å². The predicted octanol–water partition coefficient (Wildman–Crippen LogP) is 5.53. The molecule has 3 rings (SSSR count). The molecule has 0 spiro atoms. The van der Waals surface area contributed by atoms with Gasteiger partial charge in [0.25, 0.3) is 0 Å². The van der Waals surface area contributed by atoms with Crippen LogP contribution in [0.1, 0.15) is 16.7 Å². The molecule has 2 aromatic carbocycles. The zero-order chi connectivity index (χ0) is 15.1. The van der Waals surface area contributed by atoms with E-state index in [2.05, 4.69) is 28.2 Å². The number of aryl methyl sites for hydroxylation is 3. The summed E-state index contributed by atoms with van der Waals surface area (Å²) in [7, 11) is 0. The maximum absolute atomic E-state index is 6.34. The second-order valence-electron chi connectivity index (χ2n) is 5.30. The van der Waals surface area contributed by atoms with Crippen molar-refractivity contribution < 1.29 is 0 Å². The van der Waals surface area contributed by atoms with E-state index in [1.807, 2.05) is 32.9 Å². The summed E-state index contributed by atoms with van der Waals surface area (Å²) in [5, 5.41) is 1.82. The van der Waals surface area contributed by atoms with E-state index in [4.69, 9.17) is 23.2 Å².